The molecule has 3 unspecified atom stereocenters. The van der Waals surface area contributed by atoms with Crippen molar-refractivity contribution >= 4 is 12.2 Å². The molecule has 1 N–H and O–H groups in total. The lowest BCUT2D eigenvalue weighted by atomic mass is 9.66. The lowest BCUT2D eigenvalue weighted by Gasteiger charge is -2.53. The van der Waals surface area contributed by atoms with Crippen LogP contribution in [0.3, 0.4) is 0 Å². The number of hydrogen-bond acceptors (Lipinski definition) is 3. The first-order valence-electron chi connectivity index (χ1n) is 12.2. The van der Waals surface area contributed by atoms with Gasteiger partial charge in [0.05, 0.1) is 5.60 Å². The molecule has 2 aromatic carbocycles. The predicted molar refractivity (Wildman–Crippen MR) is 124 cm³/mol. The zero-order chi connectivity index (χ0) is 22.1. The Bertz CT molecular complexity index is 974. The SMILES string of the molecule is O=Cc1ccccc1C1CCC(C(=O)N2CC[C@](O)(c3ccccc3)[C@@H]3CCCCC32)C1. The molecule has 1 amide bonds. The van der Waals surface area contributed by atoms with Gasteiger partial charge in [-0.05, 0) is 55.6 Å². The number of carbonyl (C=O) groups is 2. The van der Waals surface area contributed by atoms with Crippen molar-refractivity contribution < 1.29 is 14.7 Å². The molecule has 5 atom stereocenters. The minimum absolute atomic E-state index is 0.0187. The summed E-state index contributed by atoms with van der Waals surface area (Å²) in [5, 5.41) is 11.8. The van der Waals surface area contributed by atoms with Gasteiger partial charge >= 0.3 is 0 Å². The van der Waals surface area contributed by atoms with Crippen molar-refractivity contribution in [2.75, 3.05) is 6.54 Å². The quantitative estimate of drug-likeness (QED) is 0.688. The summed E-state index contributed by atoms with van der Waals surface area (Å²) in [7, 11) is 0. The van der Waals surface area contributed by atoms with Gasteiger partial charge in [0.2, 0.25) is 5.91 Å². The molecule has 1 aliphatic heterocycles. The zero-order valence-corrected chi connectivity index (χ0v) is 18.7. The number of rotatable bonds is 4. The van der Waals surface area contributed by atoms with Gasteiger partial charge in [0.1, 0.15) is 6.29 Å². The average Bonchev–Trinajstić information content (AvgIpc) is 3.35. The number of aliphatic hydroxyl groups is 1. The summed E-state index contributed by atoms with van der Waals surface area (Å²) < 4.78 is 0. The van der Waals surface area contributed by atoms with Gasteiger partial charge in [-0.2, -0.15) is 0 Å². The zero-order valence-electron chi connectivity index (χ0n) is 18.7. The molecule has 0 radical (unpaired) electrons. The molecule has 1 saturated heterocycles. The number of amides is 1. The van der Waals surface area contributed by atoms with E-state index in [0.29, 0.717) is 13.0 Å². The monoisotopic (exact) mass is 431 g/mol. The largest absolute Gasteiger partial charge is 0.385 e. The summed E-state index contributed by atoms with van der Waals surface area (Å²) in [6.45, 7) is 0.623. The summed E-state index contributed by atoms with van der Waals surface area (Å²) in [4.78, 5) is 27.3. The van der Waals surface area contributed by atoms with Crippen LogP contribution in [0.4, 0.5) is 0 Å². The summed E-state index contributed by atoms with van der Waals surface area (Å²) in [6, 6.07) is 18.0. The number of aldehydes is 1. The minimum atomic E-state index is -0.843. The summed E-state index contributed by atoms with van der Waals surface area (Å²) >= 11 is 0. The van der Waals surface area contributed by atoms with Crippen LogP contribution in [0.25, 0.3) is 0 Å². The van der Waals surface area contributed by atoms with Gasteiger partial charge in [0.25, 0.3) is 0 Å². The van der Waals surface area contributed by atoms with Crippen molar-refractivity contribution in [2.24, 2.45) is 11.8 Å². The van der Waals surface area contributed by atoms with E-state index in [1.165, 1.54) is 0 Å². The minimum Gasteiger partial charge on any atom is -0.385 e. The molecule has 2 aliphatic carbocycles. The molecule has 2 aromatic rings. The highest BCUT2D eigenvalue weighted by Crippen LogP contribution is 2.48. The van der Waals surface area contributed by atoms with Gasteiger partial charge in [-0.1, -0.05) is 67.4 Å². The number of benzene rings is 2. The van der Waals surface area contributed by atoms with Crippen molar-refractivity contribution in [2.45, 2.75) is 68.9 Å². The maximum absolute atomic E-state index is 13.7. The van der Waals surface area contributed by atoms with Gasteiger partial charge in [-0.3, -0.25) is 9.59 Å². The highest BCUT2D eigenvalue weighted by Gasteiger charge is 2.51. The Morgan fingerprint density at radius 1 is 0.969 bits per heavy atom. The third-order valence-electron chi connectivity index (χ3n) is 8.38. The van der Waals surface area contributed by atoms with Crippen LogP contribution in [0.2, 0.25) is 0 Å². The lowest BCUT2D eigenvalue weighted by Crippen LogP contribution is -2.59. The Labute approximate surface area is 190 Å². The van der Waals surface area contributed by atoms with E-state index in [9.17, 15) is 14.7 Å². The highest BCUT2D eigenvalue weighted by atomic mass is 16.3. The summed E-state index contributed by atoms with van der Waals surface area (Å²) in [6.07, 6.45) is 8.39. The first kappa shape index (κ1) is 21.4. The Morgan fingerprint density at radius 2 is 1.72 bits per heavy atom. The Hall–Kier alpha value is -2.46. The van der Waals surface area contributed by atoms with Crippen LogP contribution in [0.1, 0.15) is 78.8 Å². The van der Waals surface area contributed by atoms with E-state index < -0.39 is 5.60 Å². The van der Waals surface area contributed by atoms with E-state index in [1.807, 2.05) is 54.6 Å². The molecule has 4 heteroatoms. The van der Waals surface area contributed by atoms with E-state index in [2.05, 4.69) is 4.90 Å². The van der Waals surface area contributed by atoms with E-state index in [4.69, 9.17) is 0 Å². The van der Waals surface area contributed by atoms with Crippen LogP contribution in [0.5, 0.6) is 0 Å². The average molecular weight is 432 g/mol. The van der Waals surface area contributed by atoms with Gasteiger partial charge in [0, 0.05) is 30.0 Å². The number of piperidine rings is 1. The maximum Gasteiger partial charge on any atom is 0.225 e. The number of fused-ring (bicyclic) bond motifs is 1. The molecule has 4 nitrogen and oxygen atoms in total. The fourth-order valence-corrected chi connectivity index (χ4v) is 6.76. The second kappa shape index (κ2) is 8.82. The van der Waals surface area contributed by atoms with Crippen molar-refractivity contribution in [3.05, 3.63) is 71.3 Å². The molecule has 0 bridgehead atoms. The van der Waals surface area contributed by atoms with Crippen molar-refractivity contribution in [3.8, 4) is 0 Å². The molecular weight excluding hydrogens is 398 g/mol. The van der Waals surface area contributed by atoms with E-state index in [-0.39, 0.29) is 29.7 Å². The fourth-order valence-electron chi connectivity index (χ4n) is 6.76. The third-order valence-corrected chi connectivity index (χ3v) is 8.38. The number of carbonyl (C=O) groups excluding carboxylic acids is 2. The first-order valence-corrected chi connectivity index (χ1v) is 12.2. The molecule has 3 fully saturated rings. The normalized spacial score (nSPS) is 32.3. The van der Waals surface area contributed by atoms with Crippen LogP contribution in [-0.4, -0.2) is 34.8 Å². The standard InChI is InChI=1S/C28H33NO3/c30-19-22-8-4-5-11-24(22)20-14-15-21(18-20)27(31)29-17-16-28(32,23-9-2-1-3-10-23)25-12-6-7-13-26(25)29/h1-5,8-11,19-21,25-26,32H,6-7,12-18H2/t20?,21?,25-,26?,28+/m1/s1. The maximum atomic E-state index is 13.7. The highest BCUT2D eigenvalue weighted by molar-refractivity contribution is 5.81. The smallest absolute Gasteiger partial charge is 0.225 e. The van der Waals surface area contributed by atoms with Crippen molar-refractivity contribution in [1.29, 1.82) is 0 Å². The molecule has 1 heterocycles. The molecule has 5 rings (SSSR count). The van der Waals surface area contributed by atoms with Crippen molar-refractivity contribution in [3.63, 3.8) is 0 Å². The van der Waals surface area contributed by atoms with Crippen LogP contribution < -0.4 is 0 Å². The van der Waals surface area contributed by atoms with Crippen LogP contribution in [0.15, 0.2) is 54.6 Å². The molecule has 32 heavy (non-hydrogen) atoms. The Kier molecular flexibility index (Phi) is 5.90. The lowest BCUT2D eigenvalue weighted by molar-refractivity contribution is -0.158. The third kappa shape index (κ3) is 3.69. The number of nitrogens with zero attached hydrogens (tertiary/aromatic N) is 1. The second-order valence-corrected chi connectivity index (χ2v) is 9.98. The first-order chi connectivity index (χ1) is 15.6. The van der Waals surface area contributed by atoms with Gasteiger partial charge in [-0.25, -0.2) is 0 Å². The van der Waals surface area contributed by atoms with Gasteiger partial charge in [0.15, 0.2) is 0 Å². The van der Waals surface area contributed by atoms with Crippen molar-refractivity contribution in [1.82, 2.24) is 4.90 Å². The van der Waals surface area contributed by atoms with Crippen LogP contribution >= 0.6 is 0 Å². The fraction of sp³-hybridized carbons (Fsp3) is 0.500. The summed E-state index contributed by atoms with van der Waals surface area (Å²) in [5.41, 5.74) is 1.99. The van der Waals surface area contributed by atoms with Crippen LogP contribution in [0, 0.1) is 11.8 Å². The summed E-state index contributed by atoms with van der Waals surface area (Å²) in [5.74, 6) is 0.663. The molecule has 168 valence electrons. The Morgan fingerprint density at radius 3 is 2.53 bits per heavy atom. The molecule has 2 saturated carbocycles. The topological polar surface area (TPSA) is 57.6 Å². The predicted octanol–water partition coefficient (Wildman–Crippen LogP) is 5.06. The second-order valence-electron chi connectivity index (χ2n) is 9.98. The van der Waals surface area contributed by atoms with E-state index in [0.717, 1.165) is 67.9 Å². The van der Waals surface area contributed by atoms with E-state index >= 15 is 0 Å². The number of likely N-dealkylation sites (tertiary alicyclic amines) is 1. The number of hydrogen-bond donors (Lipinski definition) is 1. The van der Waals surface area contributed by atoms with E-state index in [1.54, 1.807) is 0 Å². The molecule has 0 aromatic heterocycles. The Balaban J connectivity index is 1.34. The molecule has 0 spiro atoms. The molecular formula is C28H33NO3. The van der Waals surface area contributed by atoms with Gasteiger partial charge < -0.3 is 10.0 Å². The van der Waals surface area contributed by atoms with Crippen LogP contribution in [-0.2, 0) is 10.4 Å². The van der Waals surface area contributed by atoms with Gasteiger partial charge in [-0.15, -0.1) is 0 Å². The molecule has 3 aliphatic rings.